The number of halogens is 3. The second-order valence-corrected chi connectivity index (χ2v) is 5.16. The van der Waals surface area contributed by atoms with Gasteiger partial charge in [0.1, 0.15) is 0 Å². The van der Waals surface area contributed by atoms with E-state index in [1.165, 1.54) is 4.68 Å². The molecule has 0 atom stereocenters. The molecule has 114 valence electrons. The Kier molecular flexibility index (Phi) is 4.32. The molecule has 0 fully saturated rings. The number of rotatable bonds is 4. The molecule has 0 saturated heterocycles. The van der Waals surface area contributed by atoms with Gasteiger partial charge >= 0.3 is 6.18 Å². The molecule has 0 aliphatic carbocycles. The van der Waals surface area contributed by atoms with Crippen LogP contribution in [0.3, 0.4) is 0 Å². The zero-order chi connectivity index (χ0) is 15.6. The Morgan fingerprint density at radius 1 is 1.29 bits per heavy atom. The molecule has 0 aromatic carbocycles. The minimum absolute atomic E-state index is 0.266. The van der Waals surface area contributed by atoms with Crippen LogP contribution in [0.15, 0.2) is 24.7 Å². The third-order valence-electron chi connectivity index (χ3n) is 2.96. The van der Waals surface area contributed by atoms with Crippen molar-refractivity contribution in [3.8, 4) is 5.69 Å². The highest BCUT2D eigenvalue weighted by Crippen LogP contribution is 2.29. The molecule has 21 heavy (non-hydrogen) atoms. The topological polar surface area (TPSA) is 42.7 Å². The Balaban J connectivity index is 2.37. The third-order valence-corrected chi connectivity index (χ3v) is 2.96. The molecule has 0 amide bonds. The molecule has 4 nitrogen and oxygen atoms in total. The van der Waals surface area contributed by atoms with E-state index < -0.39 is 11.7 Å². The quantitative estimate of drug-likeness (QED) is 0.943. The summed E-state index contributed by atoms with van der Waals surface area (Å²) >= 11 is 0. The number of aryl methyl sites for hydroxylation is 1. The van der Waals surface area contributed by atoms with Gasteiger partial charge in [-0.3, -0.25) is 4.98 Å². The number of pyridine rings is 1. The average molecular weight is 298 g/mol. The van der Waals surface area contributed by atoms with Crippen LogP contribution < -0.4 is 5.32 Å². The van der Waals surface area contributed by atoms with Gasteiger partial charge in [0, 0.05) is 36.2 Å². The van der Waals surface area contributed by atoms with E-state index in [1.807, 2.05) is 13.8 Å². The van der Waals surface area contributed by atoms with Gasteiger partial charge in [0.05, 0.1) is 17.4 Å². The molecule has 0 spiro atoms. The first-order valence-electron chi connectivity index (χ1n) is 6.58. The van der Waals surface area contributed by atoms with Crippen LogP contribution in [0.1, 0.15) is 30.7 Å². The molecule has 0 radical (unpaired) electrons. The van der Waals surface area contributed by atoms with Crippen molar-refractivity contribution in [3.63, 3.8) is 0 Å². The van der Waals surface area contributed by atoms with Crippen molar-refractivity contribution in [2.24, 2.45) is 0 Å². The molecule has 2 rings (SSSR count). The fourth-order valence-corrected chi connectivity index (χ4v) is 1.84. The fourth-order valence-electron chi connectivity index (χ4n) is 1.84. The lowest BCUT2D eigenvalue weighted by molar-refractivity contribution is -0.137. The minimum atomic E-state index is -4.39. The summed E-state index contributed by atoms with van der Waals surface area (Å²) in [6.45, 7) is 6.30. The van der Waals surface area contributed by atoms with Crippen molar-refractivity contribution in [2.75, 3.05) is 0 Å². The number of nitrogens with one attached hydrogen (secondary N) is 1. The van der Waals surface area contributed by atoms with Crippen LogP contribution in [0.4, 0.5) is 13.2 Å². The Bertz CT molecular complexity index is 617. The predicted octanol–water partition coefficient (Wildman–Crippen LogP) is 3.09. The second-order valence-electron chi connectivity index (χ2n) is 5.16. The largest absolute Gasteiger partial charge is 0.419 e. The summed E-state index contributed by atoms with van der Waals surface area (Å²) in [4.78, 5) is 4.20. The Morgan fingerprint density at radius 2 is 2.00 bits per heavy atom. The summed E-state index contributed by atoms with van der Waals surface area (Å²) in [5, 5.41) is 7.05. The first-order chi connectivity index (χ1) is 9.77. The van der Waals surface area contributed by atoms with Crippen molar-refractivity contribution in [3.05, 3.63) is 41.5 Å². The first-order valence-corrected chi connectivity index (χ1v) is 6.58. The Morgan fingerprint density at radius 3 is 2.57 bits per heavy atom. The van der Waals surface area contributed by atoms with E-state index in [0.717, 1.165) is 23.7 Å². The monoisotopic (exact) mass is 298 g/mol. The number of nitrogens with zero attached hydrogens (tertiary/aromatic N) is 3. The molecular formula is C14H17F3N4. The SMILES string of the molecule is Cc1cc(-n2cc(C(F)(F)F)cn2)c(CNC(C)C)cn1. The molecule has 0 saturated carbocycles. The van der Waals surface area contributed by atoms with Crippen molar-refractivity contribution in [1.29, 1.82) is 0 Å². The molecule has 2 aromatic rings. The minimum Gasteiger partial charge on any atom is -0.310 e. The highest BCUT2D eigenvalue weighted by molar-refractivity contribution is 5.40. The second kappa shape index (κ2) is 5.85. The highest BCUT2D eigenvalue weighted by atomic mass is 19.4. The summed E-state index contributed by atoms with van der Waals surface area (Å²) in [6.07, 6.45) is -0.908. The molecule has 7 heteroatoms. The molecule has 2 heterocycles. The fraction of sp³-hybridized carbons (Fsp3) is 0.429. The molecule has 2 aromatic heterocycles. The lowest BCUT2D eigenvalue weighted by Gasteiger charge is -2.13. The molecule has 0 aliphatic rings. The van der Waals surface area contributed by atoms with E-state index >= 15 is 0 Å². The maximum atomic E-state index is 12.7. The van der Waals surface area contributed by atoms with Crippen LogP contribution in [0, 0.1) is 6.92 Å². The van der Waals surface area contributed by atoms with Crippen LogP contribution in [0.25, 0.3) is 5.69 Å². The summed E-state index contributed by atoms with van der Waals surface area (Å²) in [6, 6.07) is 1.99. The maximum absolute atomic E-state index is 12.7. The number of hydrogen-bond donors (Lipinski definition) is 1. The smallest absolute Gasteiger partial charge is 0.310 e. The van der Waals surface area contributed by atoms with Gasteiger partial charge in [0.15, 0.2) is 0 Å². The number of aromatic nitrogens is 3. The first kappa shape index (κ1) is 15.5. The van der Waals surface area contributed by atoms with E-state index in [2.05, 4.69) is 15.4 Å². The van der Waals surface area contributed by atoms with Gasteiger partial charge in [-0.2, -0.15) is 18.3 Å². The van der Waals surface area contributed by atoms with Crippen LogP contribution in [0.5, 0.6) is 0 Å². The predicted molar refractivity (Wildman–Crippen MR) is 73.1 cm³/mol. The van der Waals surface area contributed by atoms with Gasteiger partial charge in [-0.15, -0.1) is 0 Å². The molecule has 1 N–H and O–H groups in total. The molecular weight excluding hydrogens is 281 g/mol. The van der Waals surface area contributed by atoms with Gasteiger partial charge in [0.25, 0.3) is 0 Å². The summed E-state index contributed by atoms with van der Waals surface area (Å²) in [7, 11) is 0. The highest BCUT2D eigenvalue weighted by Gasteiger charge is 2.32. The van der Waals surface area contributed by atoms with Gasteiger partial charge in [-0.25, -0.2) is 4.68 Å². The summed E-state index contributed by atoms with van der Waals surface area (Å²) in [5.74, 6) is 0. The van der Waals surface area contributed by atoms with E-state index in [-0.39, 0.29) is 6.04 Å². The average Bonchev–Trinajstić information content (AvgIpc) is 2.86. The van der Waals surface area contributed by atoms with Crippen molar-refractivity contribution >= 4 is 0 Å². The van der Waals surface area contributed by atoms with E-state index in [1.54, 1.807) is 19.2 Å². The van der Waals surface area contributed by atoms with E-state index in [4.69, 9.17) is 0 Å². The summed E-state index contributed by atoms with van der Waals surface area (Å²) < 4.78 is 39.3. The van der Waals surface area contributed by atoms with E-state index in [0.29, 0.717) is 12.2 Å². The van der Waals surface area contributed by atoms with Crippen molar-refractivity contribution < 1.29 is 13.2 Å². The molecule has 0 aliphatic heterocycles. The zero-order valence-corrected chi connectivity index (χ0v) is 12.1. The van der Waals surface area contributed by atoms with Crippen LogP contribution in [0.2, 0.25) is 0 Å². The summed E-state index contributed by atoms with van der Waals surface area (Å²) in [5.41, 5.74) is 1.36. The standard InChI is InChI=1S/C14H17F3N4/c1-9(2)18-5-11-6-19-10(3)4-13(11)21-8-12(7-20-21)14(15,16)17/h4,6-9,18H,5H2,1-3H3. The zero-order valence-electron chi connectivity index (χ0n) is 12.1. The maximum Gasteiger partial charge on any atom is 0.419 e. The number of alkyl halides is 3. The molecule has 0 bridgehead atoms. The van der Waals surface area contributed by atoms with Gasteiger partial charge in [-0.1, -0.05) is 13.8 Å². The Labute approximate surface area is 121 Å². The van der Waals surface area contributed by atoms with Crippen molar-refractivity contribution in [2.45, 2.75) is 39.5 Å². The van der Waals surface area contributed by atoms with Crippen LogP contribution >= 0.6 is 0 Å². The van der Waals surface area contributed by atoms with Gasteiger partial charge < -0.3 is 5.32 Å². The lowest BCUT2D eigenvalue weighted by atomic mass is 10.2. The normalized spacial score (nSPS) is 12.1. The molecule has 0 unspecified atom stereocenters. The van der Waals surface area contributed by atoms with E-state index in [9.17, 15) is 13.2 Å². The third kappa shape index (κ3) is 3.81. The van der Waals surface area contributed by atoms with Crippen LogP contribution in [-0.2, 0) is 12.7 Å². The van der Waals surface area contributed by atoms with Crippen molar-refractivity contribution in [1.82, 2.24) is 20.1 Å². The lowest BCUT2D eigenvalue weighted by Crippen LogP contribution is -2.23. The number of hydrogen-bond acceptors (Lipinski definition) is 3. The van der Waals surface area contributed by atoms with Gasteiger partial charge in [0.2, 0.25) is 0 Å². The van der Waals surface area contributed by atoms with Gasteiger partial charge in [-0.05, 0) is 13.0 Å². The van der Waals surface area contributed by atoms with Crippen LogP contribution in [-0.4, -0.2) is 20.8 Å². The Hall–Kier alpha value is -1.89.